The minimum Gasteiger partial charge on any atom is -0.395 e. The van der Waals surface area contributed by atoms with Gasteiger partial charge in [-0.3, -0.25) is 9.69 Å². The summed E-state index contributed by atoms with van der Waals surface area (Å²) in [6, 6.07) is -0.945. The summed E-state index contributed by atoms with van der Waals surface area (Å²) in [6.45, 7) is 5.06. The predicted octanol–water partition coefficient (Wildman–Crippen LogP) is 1.54. The summed E-state index contributed by atoms with van der Waals surface area (Å²) < 4.78 is 37.2. The second kappa shape index (κ2) is 7.09. The molecule has 0 aromatic heterocycles. The van der Waals surface area contributed by atoms with Gasteiger partial charge in [0.2, 0.25) is 5.91 Å². The smallest absolute Gasteiger partial charge is 0.395 e. The third-order valence-corrected chi connectivity index (χ3v) is 3.04. The molecule has 0 aliphatic carbocycles. The Morgan fingerprint density at radius 3 is 2.26 bits per heavy atom. The van der Waals surface area contributed by atoms with Crippen LogP contribution >= 0.6 is 0 Å². The highest BCUT2D eigenvalue weighted by Gasteiger charge is 2.35. The molecule has 0 saturated heterocycles. The lowest BCUT2D eigenvalue weighted by atomic mass is 10.0. The Hall–Kier alpha value is -0.820. The lowest BCUT2D eigenvalue weighted by Crippen LogP contribution is -2.54. The van der Waals surface area contributed by atoms with E-state index in [4.69, 9.17) is 5.11 Å². The van der Waals surface area contributed by atoms with Gasteiger partial charge in [-0.1, -0.05) is 6.92 Å². The molecule has 0 rings (SSSR count). The highest BCUT2D eigenvalue weighted by molar-refractivity contribution is 5.82. The van der Waals surface area contributed by atoms with Crippen LogP contribution in [0.15, 0.2) is 0 Å². The van der Waals surface area contributed by atoms with Crippen LogP contribution in [0, 0.1) is 0 Å². The van der Waals surface area contributed by atoms with Gasteiger partial charge in [0.15, 0.2) is 0 Å². The van der Waals surface area contributed by atoms with Crippen LogP contribution in [0.2, 0.25) is 0 Å². The first kappa shape index (κ1) is 18.2. The van der Waals surface area contributed by atoms with Crippen LogP contribution in [0.25, 0.3) is 0 Å². The molecule has 0 aliphatic heterocycles. The molecule has 0 spiro atoms. The molecule has 0 heterocycles. The van der Waals surface area contributed by atoms with Crippen molar-refractivity contribution in [1.82, 2.24) is 10.2 Å². The first-order chi connectivity index (χ1) is 8.52. The molecule has 1 unspecified atom stereocenters. The number of alkyl halides is 3. The van der Waals surface area contributed by atoms with Crippen LogP contribution in [-0.2, 0) is 4.79 Å². The summed E-state index contributed by atoms with van der Waals surface area (Å²) in [5.41, 5.74) is -0.464. The molecule has 4 nitrogen and oxygen atoms in total. The minimum absolute atomic E-state index is 0.194. The van der Waals surface area contributed by atoms with Crippen molar-refractivity contribution in [1.29, 1.82) is 0 Å². The third-order valence-electron chi connectivity index (χ3n) is 3.04. The summed E-state index contributed by atoms with van der Waals surface area (Å²) >= 11 is 0. The Morgan fingerprint density at radius 1 is 1.37 bits per heavy atom. The molecule has 19 heavy (non-hydrogen) atoms. The Labute approximate surface area is 112 Å². The van der Waals surface area contributed by atoms with Gasteiger partial charge in [0.05, 0.1) is 19.2 Å². The lowest BCUT2D eigenvalue weighted by molar-refractivity contribution is -0.155. The van der Waals surface area contributed by atoms with Gasteiger partial charge in [-0.2, -0.15) is 13.2 Å². The molecular weight excluding hydrogens is 261 g/mol. The summed E-state index contributed by atoms with van der Waals surface area (Å²) in [5.74, 6) is -0.468. The fourth-order valence-electron chi connectivity index (χ4n) is 1.46. The first-order valence-electron chi connectivity index (χ1n) is 6.26. The minimum atomic E-state index is -4.40. The van der Waals surface area contributed by atoms with Crippen molar-refractivity contribution in [3.8, 4) is 0 Å². The Kier molecular flexibility index (Phi) is 6.79. The molecule has 0 aromatic rings. The highest BCUT2D eigenvalue weighted by atomic mass is 19.4. The zero-order valence-corrected chi connectivity index (χ0v) is 11.8. The van der Waals surface area contributed by atoms with E-state index in [0.29, 0.717) is 6.42 Å². The zero-order chi connectivity index (χ0) is 15.3. The van der Waals surface area contributed by atoms with Gasteiger partial charge >= 0.3 is 6.18 Å². The summed E-state index contributed by atoms with van der Waals surface area (Å²) in [5, 5.41) is 11.5. The van der Waals surface area contributed by atoms with Crippen molar-refractivity contribution in [2.75, 3.05) is 19.7 Å². The van der Waals surface area contributed by atoms with Gasteiger partial charge in [0.1, 0.15) is 0 Å². The number of aliphatic hydroxyl groups is 1. The normalized spacial score (nSPS) is 14.6. The number of hydrogen-bond donors (Lipinski definition) is 2. The molecule has 0 fully saturated rings. The van der Waals surface area contributed by atoms with Crippen molar-refractivity contribution >= 4 is 5.91 Å². The molecule has 0 aliphatic rings. The van der Waals surface area contributed by atoms with Gasteiger partial charge in [-0.15, -0.1) is 0 Å². The van der Waals surface area contributed by atoms with Gasteiger partial charge in [0.25, 0.3) is 0 Å². The Balaban J connectivity index is 4.71. The van der Waals surface area contributed by atoms with E-state index < -0.39 is 36.8 Å². The van der Waals surface area contributed by atoms with E-state index in [0.717, 1.165) is 4.90 Å². The van der Waals surface area contributed by atoms with Crippen molar-refractivity contribution in [2.45, 2.75) is 51.9 Å². The Morgan fingerprint density at radius 2 is 1.89 bits per heavy atom. The SMILES string of the molecule is CCC(C)(C)NC(=O)C(C)N(CCO)CC(F)(F)F. The van der Waals surface area contributed by atoms with Crippen LogP contribution in [0.1, 0.15) is 34.1 Å². The molecule has 1 atom stereocenters. The van der Waals surface area contributed by atoms with E-state index in [-0.39, 0.29) is 6.54 Å². The van der Waals surface area contributed by atoms with Crippen molar-refractivity contribution in [3.05, 3.63) is 0 Å². The number of aliphatic hydroxyl groups excluding tert-OH is 1. The second-order valence-electron chi connectivity index (χ2n) is 5.21. The van der Waals surface area contributed by atoms with Gasteiger partial charge < -0.3 is 10.4 Å². The fourth-order valence-corrected chi connectivity index (χ4v) is 1.46. The van der Waals surface area contributed by atoms with E-state index in [1.807, 2.05) is 6.92 Å². The topological polar surface area (TPSA) is 52.6 Å². The number of carbonyl (C=O) groups is 1. The van der Waals surface area contributed by atoms with E-state index in [2.05, 4.69) is 5.32 Å². The molecule has 2 N–H and O–H groups in total. The van der Waals surface area contributed by atoms with E-state index >= 15 is 0 Å². The number of nitrogens with zero attached hydrogens (tertiary/aromatic N) is 1. The number of amides is 1. The lowest BCUT2D eigenvalue weighted by Gasteiger charge is -2.32. The van der Waals surface area contributed by atoms with Crippen molar-refractivity contribution < 1.29 is 23.1 Å². The first-order valence-corrected chi connectivity index (χ1v) is 6.26. The quantitative estimate of drug-likeness (QED) is 0.745. The van der Waals surface area contributed by atoms with Gasteiger partial charge in [0, 0.05) is 12.1 Å². The predicted molar refractivity (Wildman–Crippen MR) is 66.7 cm³/mol. The van der Waals surface area contributed by atoms with Crippen molar-refractivity contribution in [3.63, 3.8) is 0 Å². The van der Waals surface area contributed by atoms with Gasteiger partial charge in [-0.25, -0.2) is 0 Å². The van der Waals surface area contributed by atoms with Gasteiger partial charge in [-0.05, 0) is 27.2 Å². The average Bonchev–Trinajstić information content (AvgIpc) is 2.25. The van der Waals surface area contributed by atoms with E-state index in [1.165, 1.54) is 6.92 Å². The monoisotopic (exact) mass is 284 g/mol. The fraction of sp³-hybridized carbons (Fsp3) is 0.917. The molecule has 0 radical (unpaired) electrons. The maximum absolute atomic E-state index is 12.4. The third kappa shape index (κ3) is 7.37. The molecular formula is C12H23F3N2O2. The number of rotatable bonds is 7. The van der Waals surface area contributed by atoms with Crippen LogP contribution < -0.4 is 5.32 Å². The van der Waals surface area contributed by atoms with Crippen LogP contribution in [0.4, 0.5) is 13.2 Å². The maximum Gasteiger partial charge on any atom is 0.401 e. The maximum atomic E-state index is 12.4. The Bertz CT molecular complexity index is 293. The van der Waals surface area contributed by atoms with Crippen LogP contribution in [-0.4, -0.2) is 53.4 Å². The van der Waals surface area contributed by atoms with Crippen LogP contribution in [0.3, 0.4) is 0 Å². The number of nitrogens with one attached hydrogen (secondary N) is 1. The zero-order valence-electron chi connectivity index (χ0n) is 11.8. The van der Waals surface area contributed by atoms with Crippen LogP contribution in [0.5, 0.6) is 0 Å². The van der Waals surface area contributed by atoms with E-state index in [1.54, 1.807) is 13.8 Å². The molecule has 1 amide bonds. The summed E-state index contributed by atoms with van der Waals surface area (Å²) in [4.78, 5) is 12.8. The summed E-state index contributed by atoms with van der Waals surface area (Å²) in [7, 11) is 0. The molecule has 0 bridgehead atoms. The van der Waals surface area contributed by atoms with E-state index in [9.17, 15) is 18.0 Å². The highest BCUT2D eigenvalue weighted by Crippen LogP contribution is 2.18. The second-order valence-corrected chi connectivity index (χ2v) is 5.21. The molecule has 114 valence electrons. The average molecular weight is 284 g/mol. The molecule has 7 heteroatoms. The summed E-state index contributed by atoms with van der Waals surface area (Å²) in [6.07, 6.45) is -3.73. The standard InChI is InChI=1S/C12H23F3N2O2/c1-5-11(3,4)16-10(19)9(2)17(6-7-18)8-12(13,14)15/h9,18H,5-8H2,1-4H3,(H,16,19). The number of halogens is 3. The number of hydrogen-bond acceptors (Lipinski definition) is 3. The van der Waals surface area contributed by atoms with Crippen molar-refractivity contribution in [2.24, 2.45) is 0 Å². The molecule has 0 saturated carbocycles. The number of carbonyl (C=O) groups excluding carboxylic acids is 1. The largest absolute Gasteiger partial charge is 0.401 e. The molecule has 0 aromatic carbocycles.